The van der Waals surface area contributed by atoms with Gasteiger partial charge in [-0.15, -0.1) is 0 Å². The maximum absolute atomic E-state index is 11.9. The van der Waals surface area contributed by atoms with Gasteiger partial charge in [-0.25, -0.2) is 9.79 Å². The minimum atomic E-state index is -1.51. The van der Waals surface area contributed by atoms with Crippen molar-refractivity contribution in [2.45, 2.75) is 11.9 Å². The van der Waals surface area contributed by atoms with Gasteiger partial charge in [0.25, 0.3) is 0 Å². The third kappa shape index (κ3) is 3.32. The van der Waals surface area contributed by atoms with Gasteiger partial charge in [0.2, 0.25) is 11.0 Å². The van der Waals surface area contributed by atoms with Gasteiger partial charge in [-0.1, -0.05) is 23.2 Å². The first-order valence-corrected chi connectivity index (χ1v) is 6.75. The number of hydrogen-bond acceptors (Lipinski definition) is 6. The molecule has 2 aliphatic rings. The molecule has 0 spiro atoms. The number of rotatable bonds is 2. The van der Waals surface area contributed by atoms with E-state index in [0.29, 0.717) is 32.3 Å². The van der Waals surface area contributed by atoms with Gasteiger partial charge in [0.15, 0.2) is 0 Å². The maximum Gasteiger partial charge on any atom is 0.352 e. The molecule has 6 nitrogen and oxygen atoms in total. The summed E-state index contributed by atoms with van der Waals surface area (Å²) in [5.74, 6) is -0.144. The zero-order valence-corrected chi connectivity index (χ0v) is 12.0. The summed E-state index contributed by atoms with van der Waals surface area (Å²) >= 11 is 12.2. The Balaban J connectivity index is 2.15. The van der Waals surface area contributed by atoms with E-state index in [2.05, 4.69) is 10.3 Å². The van der Waals surface area contributed by atoms with Gasteiger partial charge in [0.05, 0.1) is 19.8 Å². The van der Waals surface area contributed by atoms with Crippen LogP contribution in [-0.2, 0) is 14.3 Å². The lowest BCUT2D eigenvalue weighted by molar-refractivity contribution is -0.145. The highest BCUT2D eigenvalue weighted by Gasteiger charge is 2.40. The molecule has 0 amide bonds. The highest BCUT2D eigenvalue weighted by Crippen LogP contribution is 2.25. The molecule has 2 heterocycles. The van der Waals surface area contributed by atoms with Crippen molar-refractivity contribution in [2.24, 2.45) is 4.99 Å². The largest absolute Gasteiger partial charge is 0.463 e. The molecule has 1 saturated heterocycles. The number of carbonyl (C=O) groups is 1. The number of esters is 1. The highest BCUT2D eigenvalue weighted by atomic mass is 35.5. The molecule has 1 atom stereocenters. The van der Waals surface area contributed by atoms with Crippen molar-refractivity contribution >= 4 is 35.1 Å². The van der Waals surface area contributed by atoms with Crippen molar-refractivity contribution < 1.29 is 14.3 Å². The van der Waals surface area contributed by atoms with Crippen LogP contribution in [0, 0.1) is 0 Å². The lowest BCUT2D eigenvalue weighted by Crippen LogP contribution is -2.58. The molecule has 1 N–H and O–H groups in total. The van der Waals surface area contributed by atoms with Gasteiger partial charge < -0.3 is 19.7 Å². The normalized spacial score (nSPS) is 27.2. The van der Waals surface area contributed by atoms with Crippen LogP contribution in [0.1, 0.15) is 6.92 Å². The van der Waals surface area contributed by atoms with E-state index in [-0.39, 0.29) is 11.8 Å². The average molecular weight is 308 g/mol. The summed E-state index contributed by atoms with van der Waals surface area (Å²) in [6, 6.07) is 0. The van der Waals surface area contributed by atoms with E-state index in [1.165, 1.54) is 6.08 Å². The van der Waals surface area contributed by atoms with Gasteiger partial charge in [-0.2, -0.15) is 0 Å². The summed E-state index contributed by atoms with van der Waals surface area (Å²) in [6.07, 6.45) is 1.33. The standard InChI is InChI=1S/C11H15Cl2N3O3/c1-2-19-9(17)11(13)7-8(12)14-10(15-11)16-3-5-18-6-4-16/h7H,2-6H2,1H3,(H,14,15). The van der Waals surface area contributed by atoms with Gasteiger partial charge in [0, 0.05) is 19.2 Å². The Morgan fingerprint density at radius 1 is 1.63 bits per heavy atom. The molecule has 1 fully saturated rings. The second kappa shape index (κ2) is 5.98. The summed E-state index contributed by atoms with van der Waals surface area (Å²) in [6.45, 7) is 4.46. The molecular formula is C11H15Cl2N3O3. The highest BCUT2D eigenvalue weighted by molar-refractivity contribution is 6.39. The Morgan fingerprint density at radius 3 is 2.95 bits per heavy atom. The third-order valence-electron chi connectivity index (χ3n) is 2.71. The fourth-order valence-corrected chi connectivity index (χ4v) is 2.34. The summed E-state index contributed by atoms with van der Waals surface area (Å²) in [5, 5.41) is 3.02. The van der Waals surface area contributed by atoms with E-state index in [1.54, 1.807) is 6.92 Å². The Labute approximate surface area is 121 Å². The number of guanidine groups is 1. The Kier molecular flexibility index (Phi) is 4.54. The zero-order valence-electron chi connectivity index (χ0n) is 10.5. The molecular weight excluding hydrogens is 293 g/mol. The first-order chi connectivity index (χ1) is 9.05. The fraction of sp³-hybridized carbons (Fsp3) is 0.636. The maximum atomic E-state index is 11.9. The van der Waals surface area contributed by atoms with Crippen molar-refractivity contribution in [2.75, 3.05) is 32.9 Å². The van der Waals surface area contributed by atoms with Crippen molar-refractivity contribution in [3.63, 3.8) is 0 Å². The second-order valence-corrected chi connectivity index (χ2v) is 5.04. The molecule has 0 saturated carbocycles. The van der Waals surface area contributed by atoms with E-state index >= 15 is 0 Å². The third-order valence-corrected chi connectivity index (χ3v) is 3.26. The summed E-state index contributed by atoms with van der Waals surface area (Å²) < 4.78 is 10.2. The molecule has 8 heteroatoms. The fourth-order valence-electron chi connectivity index (χ4n) is 1.80. The van der Waals surface area contributed by atoms with Crippen molar-refractivity contribution in [3.8, 4) is 0 Å². The van der Waals surface area contributed by atoms with Crippen LogP contribution in [0.5, 0.6) is 0 Å². The topological polar surface area (TPSA) is 63.2 Å². The predicted octanol–water partition coefficient (Wildman–Crippen LogP) is 0.856. The van der Waals surface area contributed by atoms with E-state index in [0.717, 1.165) is 0 Å². The number of nitrogens with zero attached hydrogens (tertiary/aromatic N) is 2. The van der Waals surface area contributed by atoms with Crippen LogP contribution in [0.25, 0.3) is 0 Å². The minimum Gasteiger partial charge on any atom is -0.463 e. The van der Waals surface area contributed by atoms with Gasteiger partial charge in [-0.05, 0) is 6.92 Å². The summed E-state index contributed by atoms with van der Waals surface area (Å²) in [7, 11) is 0. The number of nitrogens with one attached hydrogen (secondary N) is 1. The van der Waals surface area contributed by atoms with Crippen LogP contribution in [0.4, 0.5) is 0 Å². The van der Waals surface area contributed by atoms with Crippen LogP contribution in [-0.4, -0.2) is 54.7 Å². The van der Waals surface area contributed by atoms with Gasteiger partial charge in [-0.3, -0.25) is 0 Å². The minimum absolute atomic E-state index is 0.156. The lowest BCUT2D eigenvalue weighted by atomic mass is 10.2. The molecule has 0 aromatic carbocycles. The summed E-state index contributed by atoms with van der Waals surface area (Å²) in [4.78, 5) is 16.4. The Morgan fingerprint density at radius 2 is 2.32 bits per heavy atom. The predicted molar refractivity (Wildman–Crippen MR) is 72.1 cm³/mol. The zero-order chi connectivity index (χ0) is 13.9. The first kappa shape index (κ1) is 14.4. The van der Waals surface area contributed by atoms with E-state index in [9.17, 15) is 4.79 Å². The molecule has 19 heavy (non-hydrogen) atoms. The Hall–Kier alpha value is -0.980. The molecule has 2 rings (SSSR count). The molecule has 0 bridgehead atoms. The van der Waals surface area contributed by atoms with Crippen LogP contribution in [0.15, 0.2) is 16.2 Å². The number of hydrogen-bond donors (Lipinski definition) is 1. The van der Waals surface area contributed by atoms with Crippen LogP contribution in [0.2, 0.25) is 0 Å². The monoisotopic (exact) mass is 307 g/mol. The molecule has 106 valence electrons. The number of alkyl halides is 1. The molecule has 1 unspecified atom stereocenters. The van der Waals surface area contributed by atoms with Gasteiger partial charge >= 0.3 is 5.97 Å². The number of ether oxygens (including phenoxy) is 2. The first-order valence-electron chi connectivity index (χ1n) is 5.99. The molecule has 0 aromatic heterocycles. The Bertz CT molecular complexity index is 421. The number of halogens is 2. The van der Waals surface area contributed by atoms with E-state index in [4.69, 9.17) is 32.7 Å². The molecule has 0 aliphatic carbocycles. The summed E-state index contributed by atoms with van der Waals surface area (Å²) in [5.41, 5.74) is 0. The second-order valence-electron chi connectivity index (χ2n) is 4.06. The quantitative estimate of drug-likeness (QED) is 0.466. The van der Waals surface area contributed by atoms with E-state index < -0.39 is 11.0 Å². The number of morpholine rings is 1. The molecule has 0 radical (unpaired) electrons. The van der Waals surface area contributed by atoms with Crippen LogP contribution in [0.3, 0.4) is 0 Å². The van der Waals surface area contributed by atoms with E-state index in [1.807, 2.05) is 4.90 Å². The molecule has 0 aromatic rings. The SMILES string of the molecule is CCOC(=O)C1(Cl)C=C(Cl)N=C(N2CCOCC2)N1. The van der Waals surface area contributed by atoms with Gasteiger partial charge in [0.1, 0.15) is 5.16 Å². The number of carbonyl (C=O) groups excluding carboxylic acids is 1. The smallest absolute Gasteiger partial charge is 0.352 e. The van der Waals surface area contributed by atoms with Crippen molar-refractivity contribution in [3.05, 3.63) is 11.2 Å². The lowest BCUT2D eigenvalue weighted by Gasteiger charge is -2.35. The van der Waals surface area contributed by atoms with Crippen molar-refractivity contribution in [1.82, 2.24) is 10.2 Å². The van der Waals surface area contributed by atoms with Crippen LogP contribution < -0.4 is 5.32 Å². The average Bonchev–Trinajstić information content (AvgIpc) is 2.39. The molecule has 2 aliphatic heterocycles. The van der Waals surface area contributed by atoms with Crippen molar-refractivity contribution in [1.29, 1.82) is 0 Å². The van der Waals surface area contributed by atoms with Crippen LogP contribution >= 0.6 is 23.2 Å². The number of aliphatic imine (C=N–C) groups is 1.